The average molecular weight is 472 g/mol. The van der Waals surface area contributed by atoms with Crippen LogP contribution in [-0.2, 0) is 9.84 Å². The van der Waals surface area contributed by atoms with Crippen LogP contribution >= 0.6 is 0 Å². The molecule has 8 heteroatoms. The van der Waals surface area contributed by atoms with Gasteiger partial charge in [-0.15, -0.1) is 0 Å². The highest BCUT2D eigenvalue weighted by Gasteiger charge is 2.38. The number of benzene rings is 2. The van der Waals surface area contributed by atoms with Gasteiger partial charge in [0.15, 0.2) is 15.7 Å². The molecule has 2 saturated heterocycles. The minimum atomic E-state index is -3.37. The van der Waals surface area contributed by atoms with Gasteiger partial charge in [0.25, 0.3) is 0 Å². The van der Waals surface area contributed by atoms with Crippen molar-refractivity contribution in [3.8, 4) is 0 Å². The summed E-state index contributed by atoms with van der Waals surface area (Å²) >= 11 is 0. The highest BCUT2D eigenvalue weighted by Crippen LogP contribution is 2.36. The smallest absolute Gasteiger partial charge is 0.183 e. The molecule has 0 radical (unpaired) electrons. The van der Waals surface area contributed by atoms with Crippen LogP contribution in [0.5, 0.6) is 0 Å². The van der Waals surface area contributed by atoms with Gasteiger partial charge in [0.05, 0.1) is 21.4 Å². The van der Waals surface area contributed by atoms with Crippen molar-refractivity contribution in [2.45, 2.75) is 22.5 Å². The van der Waals surface area contributed by atoms with Gasteiger partial charge < -0.3 is 9.80 Å². The summed E-state index contributed by atoms with van der Waals surface area (Å²) in [7, 11) is -3.37. The molecule has 0 unspecified atom stereocenters. The number of hydrogen-bond donors (Lipinski definition) is 0. The van der Waals surface area contributed by atoms with Crippen molar-refractivity contribution in [2.75, 3.05) is 36.0 Å². The van der Waals surface area contributed by atoms with E-state index in [-0.39, 0.29) is 5.92 Å². The van der Waals surface area contributed by atoms with E-state index in [2.05, 4.69) is 38.0 Å². The SMILES string of the molecule is O=S(=O)(c1ccccc1)[C@H]1CCN(c2nccnc2C2CN(c3ccc4ccccc4n3)C2)C1. The number of aromatic nitrogens is 3. The number of hydrogen-bond acceptors (Lipinski definition) is 7. The zero-order valence-electron chi connectivity index (χ0n) is 18.7. The molecular weight excluding hydrogens is 446 g/mol. The Morgan fingerprint density at radius 3 is 2.41 bits per heavy atom. The number of anilines is 2. The largest absolute Gasteiger partial charge is 0.355 e. The second kappa shape index (κ2) is 8.36. The number of pyridine rings is 1. The van der Waals surface area contributed by atoms with Gasteiger partial charge >= 0.3 is 0 Å². The van der Waals surface area contributed by atoms with E-state index in [9.17, 15) is 8.42 Å². The topological polar surface area (TPSA) is 79.3 Å². The maximum absolute atomic E-state index is 13.1. The Balaban J connectivity index is 1.18. The molecule has 0 aliphatic carbocycles. The van der Waals surface area contributed by atoms with Crippen LogP contribution in [0.4, 0.5) is 11.6 Å². The first kappa shape index (κ1) is 21.0. The van der Waals surface area contributed by atoms with Gasteiger partial charge in [-0.05, 0) is 36.8 Å². The second-order valence-electron chi connectivity index (χ2n) is 8.94. The Morgan fingerprint density at radius 2 is 1.56 bits per heavy atom. The molecule has 172 valence electrons. The highest BCUT2D eigenvalue weighted by atomic mass is 32.2. The predicted molar refractivity (Wildman–Crippen MR) is 133 cm³/mol. The van der Waals surface area contributed by atoms with Crippen LogP contribution in [-0.4, -0.2) is 54.8 Å². The molecule has 2 aliphatic heterocycles. The molecule has 2 fully saturated rings. The zero-order chi connectivity index (χ0) is 23.1. The van der Waals surface area contributed by atoms with Crippen LogP contribution < -0.4 is 9.80 Å². The van der Waals surface area contributed by atoms with E-state index in [4.69, 9.17) is 4.98 Å². The number of fused-ring (bicyclic) bond motifs is 1. The van der Waals surface area contributed by atoms with Crippen LogP contribution in [0.1, 0.15) is 18.0 Å². The lowest BCUT2D eigenvalue weighted by atomic mass is 9.95. The first-order valence-corrected chi connectivity index (χ1v) is 13.1. The average Bonchev–Trinajstić information content (AvgIpc) is 3.35. The molecule has 0 amide bonds. The number of rotatable bonds is 5. The molecule has 4 aromatic rings. The summed E-state index contributed by atoms with van der Waals surface area (Å²) in [5, 5.41) is 0.693. The van der Waals surface area contributed by atoms with Crippen molar-refractivity contribution in [3.63, 3.8) is 0 Å². The van der Waals surface area contributed by atoms with Crippen molar-refractivity contribution in [2.24, 2.45) is 0 Å². The first-order valence-electron chi connectivity index (χ1n) is 11.5. The highest BCUT2D eigenvalue weighted by molar-refractivity contribution is 7.92. The Kier molecular flexibility index (Phi) is 5.17. The number of nitrogens with zero attached hydrogens (tertiary/aromatic N) is 5. The molecule has 4 heterocycles. The second-order valence-corrected chi connectivity index (χ2v) is 11.2. The predicted octanol–water partition coefficient (Wildman–Crippen LogP) is 3.68. The lowest BCUT2D eigenvalue weighted by Crippen LogP contribution is -2.46. The maximum atomic E-state index is 13.1. The zero-order valence-corrected chi connectivity index (χ0v) is 19.5. The summed E-state index contributed by atoms with van der Waals surface area (Å²) in [4.78, 5) is 18.8. The molecule has 0 spiro atoms. The Morgan fingerprint density at radius 1 is 0.794 bits per heavy atom. The van der Waals surface area contributed by atoms with Crippen LogP contribution in [0, 0.1) is 0 Å². The monoisotopic (exact) mass is 471 g/mol. The quantitative estimate of drug-likeness (QED) is 0.439. The van der Waals surface area contributed by atoms with Crippen LogP contribution in [0.15, 0.2) is 84.0 Å². The van der Waals surface area contributed by atoms with Crippen LogP contribution in [0.2, 0.25) is 0 Å². The molecule has 1 atom stereocenters. The fourth-order valence-corrected chi connectivity index (χ4v) is 6.63. The normalized spacial score (nSPS) is 18.9. The van der Waals surface area contributed by atoms with Crippen LogP contribution in [0.25, 0.3) is 10.9 Å². The lowest BCUT2D eigenvalue weighted by Gasteiger charge is -2.40. The standard InChI is InChI=1S/C26H25N5O2S/c32-34(33,21-7-2-1-3-8-21)22-12-15-30(18-22)26-25(27-13-14-28-26)20-16-31(17-20)24-11-10-19-6-4-5-9-23(19)29-24/h1-11,13-14,20,22H,12,15-18H2/t22-/m0/s1. The van der Waals surface area contributed by atoms with Gasteiger partial charge in [-0.2, -0.15) is 0 Å². The maximum Gasteiger partial charge on any atom is 0.183 e. The fourth-order valence-electron chi connectivity index (χ4n) is 4.92. The molecule has 0 saturated carbocycles. The summed E-state index contributed by atoms with van der Waals surface area (Å²) in [6.45, 7) is 2.73. The summed E-state index contributed by atoms with van der Waals surface area (Å²) in [6, 6.07) is 21.0. The molecule has 2 aromatic carbocycles. The van der Waals surface area contributed by atoms with Crippen LogP contribution in [0.3, 0.4) is 0 Å². The summed E-state index contributed by atoms with van der Waals surface area (Å²) < 4.78 is 26.2. The van der Waals surface area contributed by atoms with E-state index in [1.807, 2.05) is 24.3 Å². The van der Waals surface area contributed by atoms with Crippen molar-refractivity contribution in [1.29, 1.82) is 0 Å². The third-order valence-corrected chi connectivity index (χ3v) is 9.03. The van der Waals surface area contributed by atoms with E-state index in [1.165, 1.54) is 0 Å². The van der Waals surface area contributed by atoms with E-state index < -0.39 is 15.1 Å². The number of para-hydroxylation sites is 1. The van der Waals surface area contributed by atoms with Gasteiger partial charge in [-0.1, -0.05) is 36.4 Å². The van der Waals surface area contributed by atoms with Gasteiger partial charge in [0.2, 0.25) is 0 Å². The molecule has 7 nitrogen and oxygen atoms in total. The summed E-state index contributed by atoms with van der Waals surface area (Å²) in [5.74, 6) is 2.02. The van der Waals surface area contributed by atoms with E-state index in [0.29, 0.717) is 24.4 Å². The molecule has 0 bridgehead atoms. The van der Waals surface area contributed by atoms with Gasteiger partial charge in [-0.3, -0.25) is 4.98 Å². The molecule has 0 N–H and O–H groups in total. The molecule has 2 aromatic heterocycles. The van der Waals surface area contributed by atoms with E-state index in [0.717, 1.165) is 41.3 Å². The molecular formula is C26H25N5O2S. The minimum absolute atomic E-state index is 0.238. The first-order chi connectivity index (χ1) is 16.6. The van der Waals surface area contributed by atoms with Gasteiger partial charge in [0.1, 0.15) is 5.82 Å². The van der Waals surface area contributed by atoms with Crippen molar-refractivity contribution >= 4 is 32.4 Å². The van der Waals surface area contributed by atoms with E-state index >= 15 is 0 Å². The molecule has 34 heavy (non-hydrogen) atoms. The Labute approximate surface area is 199 Å². The fraction of sp³-hybridized carbons (Fsp3) is 0.269. The van der Waals surface area contributed by atoms with E-state index in [1.54, 1.807) is 36.7 Å². The Bertz CT molecular complexity index is 1440. The Hall–Kier alpha value is -3.52. The third-order valence-electron chi connectivity index (χ3n) is 6.84. The van der Waals surface area contributed by atoms with Gasteiger partial charge in [0, 0.05) is 49.9 Å². The molecule has 2 aliphatic rings. The van der Waals surface area contributed by atoms with Crippen molar-refractivity contribution in [3.05, 3.63) is 84.8 Å². The lowest BCUT2D eigenvalue weighted by molar-refractivity contribution is 0.507. The third kappa shape index (κ3) is 3.68. The number of sulfone groups is 1. The van der Waals surface area contributed by atoms with Gasteiger partial charge in [-0.25, -0.2) is 18.4 Å². The minimum Gasteiger partial charge on any atom is -0.355 e. The molecule has 6 rings (SSSR count). The summed E-state index contributed by atoms with van der Waals surface area (Å²) in [6.07, 6.45) is 4.01. The van der Waals surface area contributed by atoms with Crippen molar-refractivity contribution < 1.29 is 8.42 Å². The van der Waals surface area contributed by atoms with Crippen molar-refractivity contribution in [1.82, 2.24) is 15.0 Å². The summed E-state index contributed by atoms with van der Waals surface area (Å²) in [5.41, 5.74) is 1.93.